The first kappa shape index (κ1) is 10.5. The van der Waals surface area contributed by atoms with Crippen molar-refractivity contribution < 1.29 is 0 Å². The Hall–Kier alpha value is -0.600. The summed E-state index contributed by atoms with van der Waals surface area (Å²) in [7, 11) is 0. The van der Waals surface area contributed by atoms with Gasteiger partial charge < -0.3 is 5.73 Å². The molecule has 72 valence electrons. The number of hydrogen-bond donors (Lipinski definition) is 1. The number of thiophene rings is 1. The first-order chi connectivity index (χ1) is 6.24. The normalized spacial score (nSPS) is 12.8. The Morgan fingerprint density at radius 1 is 1.62 bits per heavy atom. The first-order valence-corrected chi connectivity index (χ1v) is 5.48. The van der Waals surface area contributed by atoms with Crippen molar-refractivity contribution in [2.45, 2.75) is 32.2 Å². The molecular formula is C11H17NS. The number of unbranched alkanes of at least 4 members (excludes halogenated alkanes) is 1. The van der Waals surface area contributed by atoms with Crippen molar-refractivity contribution in [3.63, 3.8) is 0 Å². The van der Waals surface area contributed by atoms with Crippen LogP contribution in [0.2, 0.25) is 0 Å². The van der Waals surface area contributed by atoms with E-state index in [4.69, 9.17) is 5.73 Å². The van der Waals surface area contributed by atoms with Crippen LogP contribution in [0.4, 0.5) is 0 Å². The van der Waals surface area contributed by atoms with Gasteiger partial charge in [-0.3, -0.25) is 0 Å². The minimum atomic E-state index is 0.221. The molecule has 0 amide bonds. The van der Waals surface area contributed by atoms with Crippen molar-refractivity contribution in [2.24, 2.45) is 5.73 Å². The zero-order chi connectivity index (χ0) is 9.68. The lowest BCUT2D eigenvalue weighted by Gasteiger charge is -2.07. The van der Waals surface area contributed by atoms with Crippen LogP contribution in [0, 0.1) is 6.92 Å². The molecule has 1 heterocycles. The van der Waals surface area contributed by atoms with Gasteiger partial charge in [-0.2, -0.15) is 0 Å². The largest absolute Gasteiger partial charge is 0.323 e. The Kier molecular flexibility index (Phi) is 4.19. The minimum Gasteiger partial charge on any atom is -0.323 e. The topological polar surface area (TPSA) is 26.0 Å². The summed E-state index contributed by atoms with van der Waals surface area (Å²) in [6.07, 6.45) is 5.22. The van der Waals surface area contributed by atoms with E-state index >= 15 is 0 Å². The molecule has 0 saturated carbocycles. The zero-order valence-electron chi connectivity index (χ0n) is 8.12. The summed E-state index contributed by atoms with van der Waals surface area (Å²) in [5, 5.41) is 0. The number of hydrogen-bond acceptors (Lipinski definition) is 2. The van der Waals surface area contributed by atoms with Crippen LogP contribution in [0.3, 0.4) is 0 Å². The van der Waals surface area contributed by atoms with Gasteiger partial charge in [0.05, 0.1) is 0 Å². The van der Waals surface area contributed by atoms with E-state index in [1.807, 2.05) is 6.08 Å². The van der Waals surface area contributed by atoms with Crippen LogP contribution in [0.15, 0.2) is 24.8 Å². The zero-order valence-corrected chi connectivity index (χ0v) is 8.94. The van der Waals surface area contributed by atoms with Crippen molar-refractivity contribution in [3.05, 3.63) is 34.5 Å². The summed E-state index contributed by atoms with van der Waals surface area (Å²) in [5.41, 5.74) is 6.03. The van der Waals surface area contributed by atoms with E-state index < -0.39 is 0 Å². The lowest BCUT2D eigenvalue weighted by Crippen LogP contribution is -2.07. The second-order valence-electron chi connectivity index (χ2n) is 3.27. The van der Waals surface area contributed by atoms with Crippen molar-refractivity contribution in [2.75, 3.05) is 0 Å². The van der Waals surface area contributed by atoms with Gasteiger partial charge in [0.2, 0.25) is 0 Å². The fourth-order valence-corrected chi connectivity index (χ4v) is 2.19. The lowest BCUT2D eigenvalue weighted by molar-refractivity contribution is 0.626. The maximum atomic E-state index is 6.03. The molecular weight excluding hydrogens is 178 g/mol. The number of nitrogens with two attached hydrogens (primary N) is 1. The highest BCUT2D eigenvalue weighted by Crippen LogP contribution is 2.24. The summed E-state index contributed by atoms with van der Waals surface area (Å²) in [6.45, 7) is 5.81. The van der Waals surface area contributed by atoms with Crippen LogP contribution < -0.4 is 5.73 Å². The van der Waals surface area contributed by atoms with Gasteiger partial charge in [0.1, 0.15) is 0 Å². The molecule has 1 atom stereocenters. The van der Waals surface area contributed by atoms with Crippen LogP contribution in [0.5, 0.6) is 0 Å². The summed E-state index contributed by atoms with van der Waals surface area (Å²) in [6, 6.07) is 4.49. The second-order valence-corrected chi connectivity index (χ2v) is 4.59. The van der Waals surface area contributed by atoms with Crippen LogP contribution in [-0.4, -0.2) is 0 Å². The Balaban J connectivity index is 2.39. The predicted octanol–water partition coefficient (Wildman–Crippen LogP) is 3.41. The maximum absolute atomic E-state index is 6.03. The number of allylic oxidation sites excluding steroid dienone is 1. The van der Waals surface area contributed by atoms with Crippen molar-refractivity contribution in [3.8, 4) is 0 Å². The Morgan fingerprint density at radius 2 is 2.38 bits per heavy atom. The molecule has 1 aromatic heterocycles. The molecule has 0 aliphatic rings. The summed E-state index contributed by atoms with van der Waals surface area (Å²) >= 11 is 1.80. The average molecular weight is 195 g/mol. The molecule has 13 heavy (non-hydrogen) atoms. The van der Waals surface area contributed by atoms with Gasteiger partial charge >= 0.3 is 0 Å². The molecule has 0 spiro atoms. The van der Waals surface area contributed by atoms with Crippen molar-refractivity contribution in [1.29, 1.82) is 0 Å². The van der Waals surface area contributed by atoms with E-state index in [0.29, 0.717) is 0 Å². The van der Waals surface area contributed by atoms with E-state index in [9.17, 15) is 0 Å². The van der Waals surface area contributed by atoms with Crippen molar-refractivity contribution >= 4 is 11.3 Å². The quantitative estimate of drug-likeness (QED) is 0.565. The highest BCUT2D eigenvalue weighted by molar-refractivity contribution is 7.12. The molecule has 2 heteroatoms. The van der Waals surface area contributed by atoms with E-state index in [1.165, 1.54) is 9.75 Å². The SMILES string of the molecule is C=CCCCC(N)c1ccc(C)s1. The van der Waals surface area contributed by atoms with Crippen LogP contribution >= 0.6 is 11.3 Å². The molecule has 1 rings (SSSR count). The average Bonchev–Trinajstić information content (AvgIpc) is 2.52. The molecule has 0 saturated heterocycles. The van der Waals surface area contributed by atoms with Crippen LogP contribution in [0.25, 0.3) is 0 Å². The number of aryl methyl sites for hydroxylation is 1. The minimum absolute atomic E-state index is 0.221. The Morgan fingerprint density at radius 3 is 2.92 bits per heavy atom. The fourth-order valence-electron chi connectivity index (χ4n) is 1.28. The van der Waals surface area contributed by atoms with E-state index in [-0.39, 0.29) is 6.04 Å². The monoisotopic (exact) mass is 195 g/mol. The predicted molar refractivity (Wildman–Crippen MR) is 60.0 cm³/mol. The molecule has 0 aromatic carbocycles. The molecule has 1 nitrogen and oxygen atoms in total. The molecule has 0 fully saturated rings. The van der Waals surface area contributed by atoms with Gasteiger partial charge in [-0.05, 0) is 38.3 Å². The maximum Gasteiger partial charge on any atom is 0.0389 e. The summed E-state index contributed by atoms with van der Waals surface area (Å²) < 4.78 is 0. The third-order valence-electron chi connectivity index (χ3n) is 2.05. The number of rotatable bonds is 5. The standard InChI is InChI=1S/C11H17NS/c1-3-4-5-6-10(12)11-8-7-9(2)13-11/h3,7-8,10H,1,4-6,12H2,2H3. The molecule has 0 aliphatic carbocycles. The van der Waals surface area contributed by atoms with Crippen molar-refractivity contribution in [1.82, 2.24) is 0 Å². The van der Waals surface area contributed by atoms with Gasteiger partial charge in [-0.1, -0.05) is 6.08 Å². The Bertz CT molecular complexity index is 265. The molecule has 2 N–H and O–H groups in total. The molecule has 1 unspecified atom stereocenters. The fraction of sp³-hybridized carbons (Fsp3) is 0.455. The highest BCUT2D eigenvalue weighted by Gasteiger charge is 2.06. The van der Waals surface area contributed by atoms with Gasteiger partial charge in [-0.25, -0.2) is 0 Å². The molecule has 0 aliphatic heterocycles. The third kappa shape index (κ3) is 3.33. The second kappa shape index (κ2) is 5.20. The molecule has 1 aromatic rings. The Labute approximate surface area is 84.3 Å². The van der Waals surface area contributed by atoms with E-state index in [0.717, 1.165) is 19.3 Å². The van der Waals surface area contributed by atoms with E-state index in [2.05, 4.69) is 25.6 Å². The van der Waals surface area contributed by atoms with Gasteiger partial charge in [0.15, 0.2) is 0 Å². The highest BCUT2D eigenvalue weighted by atomic mass is 32.1. The smallest absolute Gasteiger partial charge is 0.0389 e. The van der Waals surface area contributed by atoms with Gasteiger partial charge in [0.25, 0.3) is 0 Å². The summed E-state index contributed by atoms with van der Waals surface area (Å²) in [4.78, 5) is 2.65. The van der Waals surface area contributed by atoms with Gasteiger partial charge in [-0.15, -0.1) is 17.9 Å². The van der Waals surface area contributed by atoms with Gasteiger partial charge in [0, 0.05) is 15.8 Å². The molecule has 0 bridgehead atoms. The van der Waals surface area contributed by atoms with E-state index in [1.54, 1.807) is 11.3 Å². The lowest BCUT2D eigenvalue weighted by atomic mass is 10.1. The van der Waals surface area contributed by atoms with Crippen LogP contribution in [0.1, 0.15) is 35.1 Å². The first-order valence-electron chi connectivity index (χ1n) is 4.67. The summed E-state index contributed by atoms with van der Waals surface area (Å²) in [5.74, 6) is 0. The van der Waals surface area contributed by atoms with Crippen LogP contribution in [-0.2, 0) is 0 Å². The third-order valence-corrected chi connectivity index (χ3v) is 3.18. The molecule has 0 radical (unpaired) electrons.